The van der Waals surface area contributed by atoms with Crippen molar-refractivity contribution < 1.29 is 14.7 Å². The van der Waals surface area contributed by atoms with Gasteiger partial charge in [0.15, 0.2) is 5.15 Å². The van der Waals surface area contributed by atoms with Gasteiger partial charge in [-0.3, -0.25) is 9.59 Å². The number of rotatable bonds is 3. The molecule has 1 aliphatic carbocycles. The predicted octanol–water partition coefficient (Wildman–Crippen LogP) is 2.87. The Labute approximate surface area is 122 Å². The topological polar surface area (TPSA) is 79.3 Å². The molecule has 1 fully saturated rings. The maximum absolute atomic E-state index is 12.3. The van der Waals surface area contributed by atoms with Gasteiger partial charge in [0.05, 0.1) is 17.5 Å². The van der Waals surface area contributed by atoms with E-state index in [9.17, 15) is 14.7 Å². The summed E-state index contributed by atoms with van der Waals surface area (Å²) in [5.74, 6) is -2.30. The Morgan fingerprint density at radius 3 is 2.65 bits per heavy atom. The van der Waals surface area contributed by atoms with Crippen LogP contribution < -0.4 is 5.32 Å². The second-order valence-corrected chi connectivity index (χ2v) is 5.53. The van der Waals surface area contributed by atoms with E-state index in [2.05, 4.69) is 10.3 Å². The van der Waals surface area contributed by atoms with Crippen LogP contribution in [0, 0.1) is 18.8 Å². The fourth-order valence-electron chi connectivity index (χ4n) is 2.61. The number of carbonyl (C=O) groups excluding carboxylic acids is 1. The third-order valence-corrected chi connectivity index (χ3v) is 3.95. The van der Waals surface area contributed by atoms with Gasteiger partial charge in [0.2, 0.25) is 5.91 Å². The van der Waals surface area contributed by atoms with Crippen LogP contribution in [0.4, 0.5) is 5.69 Å². The second kappa shape index (κ2) is 6.22. The third kappa shape index (κ3) is 3.28. The highest BCUT2D eigenvalue weighted by Gasteiger charge is 2.35. The Hall–Kier alpha value is -1.62. The number of aliphatic carboxylic acids is 1. The van der Waals surface area contributed by atoms with Gasteiger partial charge in [0, 0.05) is 6.20 Å². The van der Waals surface area contributed by atoms with Crippen LogP contribution in [0.2, 0.25) is 5.15 Å². The van der Waals surface area contributed by atoms with Gasteiger partial charge >= 0.3 is 5.97 Å². The minimum atomic E-state index is -0.904. The van der Waals surface area contributed by atoms with Gasteiger partial charge in [-0.2, -0.15) is 0 Å². The molecule has 0 unspecified atom stereocenters. The summed E-state index contributed by atoms with van der Waals surface area (Å²) in [5, 5.41) is 12.1. The van der Waals surface area contributed by atoms with E-state index in [0.717, 1.165) is 18.4 Å². The lowest BCUT2D eigenvalue weighted by atomic mass is 9.78. The molecule has 1 aromatic rings. The number of aromatic nitrogens is 1. The zero-order chi connectivity index (χ0) is 14.7. The number of carbonyl (C=O) groups is 2. The molecule has 0 spiro atoms. The molecule has 1 amide bonds. The predicted molar refractivity (Wildman–Crippen MR) is 75.7 cm³/mol. The highest BCUT2D eigenvalue weighted by molar-refractivity contribution is 6.32. The summed E-state index contributed by atoms with van der Waals surface area (Å²) in [6.45, 7) is 1.85. The van der Waals surface area contributed by atoms with Gasteiger partial charge in [-0.15, -0.1) is 0 Å². The van der Waals surface area contributed by atoms with Crippen molar-refractivity contribution in [2.24, 2.45) is 11.8 Å². The maximum atomic E-state index is 12.3. The summed E-state index contributed by atoms with van der Waals surface area (Å²) in [7, 11) is 0. The van der Waals surface area contributed by atoms with Crippen molar-refractivity contribution in [3.63, 3.8) is 0 Å². The van der Waals surface area contributed by atoms with Crippen LogP contribution in [0.5, 0.6) is 0 Å². The first-order valence-corrected chi connectivity index (χ1v) is 7.02. The number of amides is 1. The smallest absolute Gasteiger partial charge is 0.307 e. The van der Waals surface area contributed by atoms with Crippen molar-refractivity contribution in [3.05, 3.63) is 23.0 Å². The molecule has 0 saturated heterocycles. The first kappa shape index (κ1) is 14.8. The monoisotopic (exact) mass is 296 g/mol. The zero-order valence-electron chi connectivity index (χ0n) is 11.2. The van der Waals surface area contributed by atoms with Crippen LogP contribution in [0.1, 0.15) is 31.2 Å². The largest absolute Gasteiger partial charge is 0.481 e. The minimum absolute atomic E-state index is 0.214. The molecule has 1 aliphatic rings. The van der Waals surface area contributed by atoms with Gasteiger partial charge < -0.3 is 10.4 Å². The van der Waals surface area contributed by atoms with E-state index in [0.29, 0.717) is 18.5 Å². The van der Waals surface area contributed by atoms with E-state index in [1.165, 1.54) is 0 Å². The summed E-state index contributed by atoms with van der Waals surface area (Å²) >= 11 is 5.94. The molecule has 1 aromatic heterocycles. The van der Waals surface area contributed by atoms with Crippen LogP contribution in [-0.4, -0.2) is 22.0 Å². The average molecular weight is 297 g/mol. The molecule has 20 heavy (non-hydrogen) atoms. The molecular weight excluding hydrogens is 280 g/mol. The van der Waals surface area contributed by atoms with E-state index in [-0.39, 0.29) is 11.1 Å². The van der Waals surface area contributed by atoms with Crippen LogP contribution >= 0.6 is 11.6 Å². The van der Waals surface area contributed by atoms with Gasteiger partial charge in [0.1, 0.15) is 0 Å². The molecule has 6 heteroatoms. The lowest BCUT2D eigenvalue weighted by Gasteiger charge is -2.27. The van der Waals surface area contributed by atoms with Gasteiger partial charge in [-0.25, -0.2) is 4.98 Å². The van der Waals surface area contributed by atoms with Crippen molar-refractivity contribution in [2.45, 2.75) is 32.6 Å². The number of nitrogens with zero attached hydrogens (tertiary/aromatic N) is 1. The van der Waals surface area contributed by atoms with Crippen LogP contribution in [0.15, 0.2) is 12.3 Å². The summed E-state index contributed by atoms with van der Waals surface area (Å²) in [4.78, 5) is 27.5. The fraction of sp³-hybridized carbons (Fsp3) is 0.500. The van der Waals surface area contributed by atoms with Crippen molar-refractivity contribution in [1.29, 1.82) is 0 Å². The Morgan fingerprint density at radius 2 is 2.00 bits per heavy atom. The fourth-order valence-corrected chi connectivity index (χ4v) is 2.76. The summed E-state index contributed by atoms with van der Waals surface area (Å²) in [6.07, 6.45) is 4.49. The van der Waals surface area contributed by atoms with Crippen molar-refractivity contribution >= 4 is 29.2 Å². The van der Waals surface area contributed by atoms with Crippen molar-refractivity contribution in [1.82, 2.24) is 4.98 Å². The maximum Gasteiger partial charge on any atom is 0.307 e. The molecule has 0 aromatic carbocycles. The molecule has 0 aliphatic heterocycles. The number of pyridine rings is 1. The number of carboxylic acid groups (broad SMARTS) is 1. The van der Waals surface area contributed by atoms with E-state index < -0.39 is 17.8 Å². The summed E-state index contributed by atoms with van der Waals surface area (Å²) in [5.41, 5.74) is 1.31. The molecule has 0 bridgehead atoms. The van der Waals surface area contributed by atoms with Crippen molar-refractivity contribution in [2.75, 3.05) is 5.32 Å². The molecule has 2 N–H and O–H groups in total. The SMILES string of the molecule is Cc1cnc(Cl)c(NC(=O)[C@@H]2CCCC[C@@H]2C(=O)O)c1. The highest BCUT2D eigenvalue weighted by atomic mass is 35.5. The molecule has 108 valence electrons. The lowest BCUT2D eigenvalue weighted by Crippen LogP contribution is -2.36. The Morgan fingerprint density at radius 1 is 1.35 bits per heavy atom. The molecule has 2 atom stereocenters. The van der Waals surface area contributed by atoms with E-state index in [1.54, 1.807) is 12.3 Å². The number of nitrogens with one attached hydrogen (secondary N) is 1. The van der Waals surface area contributed by atoms with Gasteiger partial charge in [-0.1, -0.05) is 24.4 Å². The first-order chi connectivity index (χ1) is 9.49. The average Bonchev–Trinajstić information content (AvgIpc) is 2.42. The summed E-state index contributed by atoms with van der Waals surface area (Å²) in [6, 6.07) is 1.73. The molecule has 0 radical (unpaired) electrons. The first-order valence-electron chi connectivity index (χ1n) is 6.65. The van der Waals surface area contributed by atoms with Crippen LogP contribution in [-0.2, 0) is 9.59 Å². The number of aryl methyl sites for hydroxylation is 1. The van der Waals surface area contributed by atoms with Crippen LogP contribution in [0.25, 0.3) is 0 Å². The Kier molecular flexibility index (Phi) is 4.60. The lowest BCUT2D eigenvalue weighted by molar-refractivity contribution is -0.147. The van der Waals surface area contributed by atoms with Crippen molar-refractivity contribution in [3.8, 4) is 0 Å². The normalized spacial score (nSPS) is 22.3. The van der Waals surface area contributed by atoms with Gasteiger partial charge in [0.25, 0.3) is 0 Å². The number of hydrogen-bond acceptors (Lipinski definition) is 3. The number of anilines is 1. The van der Waals surface area contributed by atoms with E-state index in [4.69, 9.17) is 11.6 Å². The standard InChI is InChI=1S/C14H17ClN2O3/c1-8-6-11(12(15)16-7-8)17-13(18)9-4-2-3-5-10(9)14(19)20/h6-7,9-10H,2-5H2,1H3,(H,17,18)(H,19,20)/t9-,10+/m1/s1. The van der Waals surface area contributed by atoms with E-state index in [1.807, 2.05) is 6.92 Å². The van der Waals surface area contributed by atoms with Crippen LogP contribution in [0.3, 0.4) is 0 Å². The number of halogens is 1. The zero-order valence-corrected chi connectivity index (χ0v) is 12.0. The summed E-state index contributed by atoms with van der Waals surface area (Å²) < 4.78 is 0. The Bertz CT molecular complexity index is 533. The van der Waals surface area contributed by atoms with E-state index >= 15 is 0 Å². The molecule has 1 saturated carbocycles. The number of carboxylic acids is 1. The number of hydrogen-bond donors (Lipinski definition) is 2. The highest BCUT2D eigenvalue weighted by Crippen LogP contribution is 2.32. The molecule has 1 heterocycles. The van der Waals surface area contributed by atoms with Gasteiger partial charge in [-0.05, 0) is 31.4 Å². The quantitative estimate of drug-likeness (QED) is 0.841. The third-order valence-electron chi connectivity index (χ3n) is 3.65. The molecular formula is C14H17ClN2O3. The Balaban J connectivity index is 2.14. The molecule has 2 rings (SSSR count). The second-order valence-electron chi connectivity index (χ2n) is 5.18. The molecule has 5 nitrogen and oxygen atoms in total. The minimum Gasteiger partial charge on any atom is -0.481 e.